The van der Waals surface area contributed by atoms with Crippen molar-refractivity contribution in [3.63, 3.8) is 0 Å². The molecule has 0 fully saturated rings. The summed E-state index contributed by atoms with van der Waals surface area (Å²) in [6.07, 6.45) is 3.79. The van der Waals surface area contributed by atoms with Crippen LogP contribution in [0.1, 0.15) is 31.4 Å². The molecule has 3 aromatic heterocycles. The lowest BCUT2D eigenvalue weighted by Crippen LogP contribution is -2.06. The molecule has 0 aliphatic rings. The number of furan rings is 1. The molecule has 3 heterocycles. The summed E-state index contributed by atoms with van der Waals surface area (Å²) in [6, 6.07) is 11.4. The second-order valence-corrected chi connectivity index (χ2v) is 7.82. The Kier molecular flexibility index (Phi) is 6.26. The van der Waals surface area contributed by atoms with Gasteiger partial charge in [0.25, 0.3) is 0 Å². The molecule has 10 heteroatoms. The maximum atomic E-state index is 6.03. The van der Waals surface area contributed by atoms with Gasteiger partial charge in [-0.3, -0.25) is 4.57 Å². The van der Waals surface area contributed by atoms with Gasteiger partial charge in [0.15, 0.2) is 16.8 Å². The summed E-state index contributed by atoms with van der Waals surface area (Å²) in [7, 11) is 0. The fourth-order valence-electron chi connectivity index (χ4n) is 2.85. The molecule has 4 rings (SSSR count). The molecule has 0 aliphatic heterocycles. The van der Waals surface area contributed by atoms with Crippen LogP contribution in [-0.2, 0) is 18.8 Å². The van der Waals surface area contributed by atoms with Crippen LogP contribution in [-0.4, -0.2) is 35.0 Å². The Bertz CT molecular complexity index is 1040. The van der Waals surface area contributed by atoms with Gasteiger partial charge in [-0.2, -0.15) is 0 Å². The van der Waals surface area contributed by atoms with Crippen molar-refractivity contribution in [2.45, 2.75) is 43.8 Å². The van der Waals surface area contributed by atoms with Crippen LogP contribution in [0.15, 0.2) is 52.2 Å². The number of nitrogens with zero attached hydrogens (tertiary/aromatic N) is 7. The predicted octanol–water partition coefficient (Wildman–Crippen LogP) is 4.32. The molecule has 0 N–H and O–H groups in total. The minimum atomic E-state index is 0.529. The Morgan fingerprint density at radius 1 is 1.10 bits per heavy atom. The largest absolute Gasteiger partial charge is 0.467 e. The summed E-state index contributed by atoms with van der Waals surface area (Å²) >= 11 is 7.59. The Morgan fingerprint density at radius 2 is 1.97 bits per heavy atom. The first-order chi connectivity index (χ1) is 14.2. The van der Waals surface area contributed by atoms with Crippen LogP contribution in [0, 0.1) is 0 Å². The molecule has 150 valence electrons. The van der Waals surface area contributed by atoms with E-state index in [1.807, 2.05) is 45.6 Å². The molecule has 0 bridgehead atoms. The van der Waals surface area contributed by atoms with Gasteiger partial charge >= 0.3 is 0 Å². The van der Waals surface area contributed by atoms with Gasteiger partial charge < -0.3 is 4.42 Å². The van der Waals surface area contributed by atoms with Gasteiger partial charge in [0, 0.05) is 17.1 Å². The summed E-state index contributed by atoms with van der Waals surface area (Å²) in [5.74, 6) is 3.01. The van der Waals surface area contributed by atoms with Crippen molar-refractivity contribution < 1.29 is 4.42 Å². The molecule has 0 amide bonds. The lowest BCUT2D eigenvalue weighted by atomic mass is 10.2. The average molecular weight is 430 g/mol. The molecule has 0 saturated carbocycles. The Balaban J connectivity index is 1.59. The highest BCUT2D eigenvalue weighted by atomic mass is 35.5. The minimum absolute atomic E-state index is 0.529. The predicted molar refractivity (Wildman–Crippen MR) is 111 cm³/mol. The molecule has 0 spiro atoms. The van der Waals surface area contributed by atoms with E-state index in [1.165, 1.54) is 0 Å². The summed E-state index contributed by atoms with van der Waals surface area (Å²) in [5, 5.41) is 22.3. The zero-order chi connectivity index (χ0) is 20.1. The fourth-order valence-corrected chi connectivity index (χ4v) is 3.84. The number of halogens is 1. The first-order valence-corrected chi connectivity index (χ1v) is 10.7. The van der Waals surface area contributed by atoms with Crippen molar-refractivity contribution in [3.05, 3.63) is 59.3 Å². The molecule has 0 unspecified atom stereocenters. The number of thioether (sulfide) groups is 1. The number of unbranched alkanes of at least 4 members (excludes halogenated alkanes) is 1. The van der Waals surface area contributed by atoms with Gasteiger partial charge in [-0.1, -0.05) is 36.7 Å². The smallest absolute Gasteiger partial charge is 0.192 e. The van der Waals surface area contributed by atoms with Crippen LogP contribution >= 0.6 is 23.4 Å². The molecule has 4 aromatic rings. The molecule has 0 saturated heterocycles. The van der Waals surface area contributed by atoms with Crippen LogP contribution in [0.25, 0.3) is 11.4 Å². The van der Waals surface area contributed by atoms with Gasteiger partial charge in [-0.05, 0) is 53.2 Å². The van der Waals surface area contributed by atoms with E-state index in [2.05, 4.69) is 32.6 Å². The maximum absolute atomic E-state index is 6.03. The summed E-state index contributed by atoms with van der Waals surface area (Å²) < 4.78 is 9.43. The average Bonchev–Trinajstić information content (AvgIpc) is 3.48. The van der Waals surface area contributed by atoms with E-state index in [-0.39, 0.29) is 0 Å². The second kappa shape index (κ2) is 9.23. The van der Waals surface area contributed by atoms with Crippen LogP contribution in [0.4, 0.5) is 0 Å². The maximum Gasteiger partial charge on any atom is 0.192 e. The number of aromatic nitrogens is 7. The number of hydrogen-bond donors (Lipinski definition) is 0. The standard InChI is InChI=1S/C19H20ClN7OS/c1-2-3-10-27-17(21-24-25-27)13-29-19-23-22-18(14-6-8-15(20)9-7-14)26(19)12-16-5-4-11-28-16/h4-9,11H,2-3,10,12-13H2,1H3. The molecule has 29 heavy (non-hydrogen) atoms. The number of benzene rings is 1. The monoisotopic (exact) mass is 429 g/mol. The third-order valence-electron chi connectivity index (χ3n) is 4.37. The van der Waals surface area contributed by atoms with Crippen molar-refractivity contribution >= 4 is 23.4 Å². The summed E-state index contributed by atoms with van der Waals surface area (Å²) in [4.78, 5) is 0. The Morgan fingerprint density at radius 3 is 2.72 bits per heavy atom. The first kappa shape index (κ1) is 19.7. The number of rotatable bonds is 9. The zero-order valence-corrected chi connectivity index (χ0v) is 17.5. The van der Waals surface area contributed by atoms with Crippen molar-refractivity contribution in [3.8, 4) is 11.4 Å². The highest BCUT2D eigenvalue weighted by Gasteiger charge is 2.17. The molecular formula is C19H20ClN7OS. The fraction of sp³-hybridized carbons (Fsp3) is 0.316. The van der Waals surface area contributed by atoms with E-state index in [4.69, 9.17) is 16.0 Å². The molecule has 1 aromatic carbocycles. The van der Waals surface area contributed by atoms with Crippen LogP contribution in [0.3, 0.4) is 0 Å². The van der Waals surface area contributed by atoms with Gasteiger partial charge in [0.05, 0.1) is 18.6 Å². The quantitative estimate of drug-likeness (QED) is 0.366. The number of aryl methyl sites for hydroxylation is 1. The van der Waals surface area contributed by atoms with Gasteiger partial charge in [-0.15, -0.1) is 15.3 Å². The molecular weight excluding hydrogens is 410 g/mol. The number of tetrazole rings is 1. The van der Waals surface area contributed by atoms with Gasteiger partial charge in [-0.25, -0.2) is 4.68 Å². The van der Waals surface area contributed by atoms with Crippen molar-refractivity contribution in [1.29, 1.82) is 0 Å². The SMILES string of the molecule is CCCCn1nnnc1CSc1nnc(-c2ccc(Cl)cc2)n1Cc1ccco1. The highest BCUT2D eigenvalue weighted by Crippen LogP contribution is 2.27. The van der Waals surface area contributed by atoms with Crippen LogP contribution in [0.5, 0.6) is 0 Å². The molecule has 0 aliphatic carbocycles. The number of hydrogen-bond acceptors (Lipinski definition) is 7. The lowest BCUT2D eigenvalue weighted by Gasteiger charge is -2.09. The second-order valence-electron chi connectivity index (χ2n) is 6.44. The van der Waals surface area contributed by atoms with E-state index in [0.29, 0.717) is 17.3 Å². The molecule has 0 atom stereocenters. The molecule has 8 nitrogen and oxygen atoms in total. The van der Waals surface area contributed by atoms with E-state index < -0.39 is 0 Å². The van der Waals surface area contributed by atoms with Gasteiger partial charge in [0.1, 0.15) is 5.76 Å². The summed E-state index contributed by atoms with van der Waals surface area (Å²) in [6.45, 7) is 3.49. The normalized spacial score (nSPS) is 11.2. The summed E-state index contributed by atoms with van der Waals surface area (Å²) in [5.41, 5.74) is 0.938. The van der Waals surface area contributed by atoms with Crippen molar-refractivity contribution in [1.82, 2.24) is 35.0 Å². The van der Waals surface area contributed by atoms with Gasteiger partial charge in [0.2, 0.25) is 0 Å². The lowest BCUT2D eigenvalue weighted by molar-refractivity contribution is 0.485. The third kappa shape index (κ3) is 4.68. The van der Waals surface area contributed by atoms with E-state index in [0.717, 1.165) is 47.5 Å². The molecule has 0 radical (unpaired) electrons. The zero-order valence-electron chi connectivity index (χ0n) is 15.9. The first-order valence-electron chi connectivity index (χ1n) is 9.34. The Labute approximate surface area is 177 Å². The third-order valence-corrected chi connectivity index (χ3v) is 5.59. The van der Waals surface area contributed by atoms with Crippen molar-refractivity contribution in [2.24, 2.45) is 0 Å². The van der Waals surface area contributed by atoms with E-state index in [9.17, 15) is 0 Å². The van der Waals surface area contributed by atoms with Crippen molar-refractivity contribution in [2.75, 3.05) is 0 Å². The van der Waals surface area contributed by atoms with Crippen LogP contribution < -0.4 is 0 Å². The van der Waals surface area contributed by atoms with E-state index >= 15 is 0 Å². The topological polar surface area (TPSA) is 87.5 Å². The highest BCUT2D eigenvalue weighted by molar-refractivity contribution is 7.98. The Hall–Kier alpha value is -2.65. The van der Waals surface area contributed by atoms with E-state index in [1.54, 1.807) is 18.0 Å². The van der Waals surface area contributed by atoms with Crippen LogP contribution in [0.2, 0.25) is 5.02 Å². The minimum Gasteiger partial charge on any atom is -0.467 e.